The Morgan fingerprint density at radius 1 is 0.519 bits per heavy atom. The van der Waals surface area contributed by atoms with Gasteiger partial charge in [0, 0.05) is 44.8 Å². The highest BCUT2D eigenvalue weighted by atomic mass is 16.4. The molecule has 0 rings (SSSR count). The number of Topliss-reactive ketones (excluding diaryl/α,β-unsaturated/α-hetero) is 2. The minimum Gasteiger partial charge on any atom is -0.478 e. The number of aliphatic carboxylic acids is 1. The third-order valence-electron chi connectivity index (χ3n) is 9.73. The first-order valence-electron chi connectivity index (χ1n) is 21.2. The molecule has 0 aliphatic heterocycles. The molecule has 3 unspecified atom stereocenters. The number of carbonyl (C=O) groups excluding carboxylic acids is 2. The van der Waals surface area contributed by atoms with Crippen LogP contribution in [0.4, 0.5) is 0 Å². The molecule has 0 aliphatic carbocycles. The van der Waals surface area contributed by atoms with Crippen LogP contribution >= 0.6 is 0 Å². The summed E-state index contributed by atoms with van der Waals surface area (Å²) in [6.07, 6.45) is 35.6. The van der Waals surface area contributed by atoms with E-state index in [0.29, 0.717) is 12.8 Å². The second-order valence-corrected chi connectivity index (χ2v) is 14.8. The molecule has 0 aromatic carbocycles. The van der Waals surface area contributed by atoms with Crippen molar-refractivity contribution in [3.05, 3.63) is 36.5 Å². The van der Waals surface area contributed by atoms with Gasteiger partial charge < -0.3 is 20.4 Å². The van der Waals surface area contributed by atoms with Crippen LogP contribution in [0.15, 0.2) is 36.5 Å². The fraction of sp³-hybridized carbons (Fsp3) is 0.795. The monoisotopic (exact) mass is 734 g/mol. The molecule has 8 heteroatoms. The van der Waals surface area contributed by atoms with Gasteiger partial charge in [-0.1, -0.05) is 128 Å². The summed E-state index contributed by atoms with van der Waals surface area (Å²) >= 11 is 0. The van der Waals surface area contributed by atoms with Crippen molar-refractivity contribution in [3.8, 4) is 0 Å². The number of carboxylic acid groups (broad SMARTS) is 1. The predicted octanol–water partition coefficient (Wildman–Crippen LogP) is 10.2. The number of unbranched alkanes of at least 4 members (excludes halogenated alkanes) is 16. The third kappa shape index (κ3) is 34.9. The van der Waals surface area contributed by atoms with Gasteiger partial charge in [-0.05, 0) is 70.3 Å². The Kier molecular flexibility index (Phi) is 35.7. The van der Waals surface area contributed by atoms with Gasteiger partial charge in [0.05, 0.1) is 12.2 Å². The summed E-state index contributed by atoms with van der Waals surface area (Å²) in [5, 5.41) is 39.6. The van der Waals surface area contributed by atoms with Gasteiger partial charge in [0.25, 0.3) is 0 Å². The maximum Gasteiger partial charge on any atom is 0.328 e. The highest BCUT2D eigenvalue weighted by molar-refractivity contribution is 5.80. The molecule has 0 bridgehead atoms. The highest BCUT2D eigenvalue weighted by Crippen LogP contribution is 2.14. The van der Waals surface area contributed by atoms with E-state index in [2.05, 4.69) is 38.2 Å². The Bertz CT molecular complexity index is 887. The Morgan fingerprint density at radius 2 is 0.923 bits per heavy atom. The van der Waals surface area contributed by atoms with E-state index >= 15 is 0 Å². The topological polar surface area (TPSA) is 135 Å². The van der Waals surface area contributed by atoms with Gasteiger partial charge in [-0.25, -0.2) is 4.79 Å². The molecule has 0 heterocycles. The second-order valence-electron chi connectivity index (χ2n) is 14.8. The molecule has 0 saturated heterocycles. The number of hydrogen-bond donors (Lipinski definition) is 4. The van der Waals surface area contributed by atoms with Crippen molar-refractivity contribution in [2.45, 2.75) is 212 Å². The predicted molar refractivity (Wildman–Crippen MR) is 215 cm³/mol. The maximum absolute atomic E-state index is 12.6. The molecule has 302 valence electrons. The summed E-state index contributed by atoms with van der Waals surface area (Å²) in [4.78, 5) is 37.8. The number of nitrogens with zero attached hydrogens (tertiary/aromatic N) is 1. The van der Waals surface area contributed by atoms with E-state index in [1.807, 2.05) is 0 Å². The molecule has 0 spiro atoms. The smallest absolute Gasteiger partial charge is 0.328 e. The number of carbonyl (C=O) groups is 3. The summed E-state index contributed by atoms with van der Waals surface area (Å²) in [5.74, 6) is -0.919. The molecular formula is C44H79NO7. The molecule has 4 N–H and O–H groups in total. The van der Waals surface area contributed by atoms with Crippen molar-refractivity contribution in [2.24, 2.45) is 0 Å². The molecular weight excluding hydrogens is 654 g/mol. The van der Waals surface area contributed by atoms with Crippen molar-refractivity contribution in [3.63, 3.8) is 0 Å². The Balaban J connectivity index is 4.14. The van der Waals surface area contributed by atoms with Gasteiger partial charge >= 0.3 is 5.97 Å². The summed E-state index contributed by atoms with van der Waals surface area (Å²) in [6, 6.07) is 0. The van der Waals surface area contributed by atoms with Gasteiger partial charge in [-0.3, -0.25) is 14.5 Å². The van der Waals surface area contributed by atoms with Crippen molar-refractivity contribution in [2.75, 3.05) is 13.1 Å². The van der Waals surface area contributed by atoms with Crippen molar-refractivity contribution in [1.29, 1.82) is 0 Å². The van der Waals surface area contributed by atoms with Crippen LogP contribution in [0.1, 0.15) is 194 Å². The zero-order valence-electron chi connectivity index (χ0n) is 33.4. The average molecular weight is 734 g/mol. The first-order chi connectivity index (χ1) is 25.2. The number of carboxylic acids is 1. The molecule has 0 radical (unpaired) electrons. The summed E-state index contributed by atoms with van der Waals surface area (Å²) in [7, 11) is 0. The minimum atomic E-state index is -1.16. The van der Waals surface area contributed by atoms with E-state index in [1.165, 1.54) is 44.6 Å². The largest absolute Gasteiger partial charge is 0.478 e. The lowest BCUT2D eigenvalue weighted by Gasteiger charge is -2.25. The normalized spacial score (nSPS) is 13.9. The van der Waals surface area contributed by atoms with Crippen molar-refractivity contribution in [1.82, 2.24) is 4.90 Å². The molecule has 0 fully saturated rings. The average Bonchev–Trinajstić information content (AvgIpc) is 3.12. The zero-order chi connectivity index (χ0) is 38.5. The van der Waals surface area contributed by atoms with Crippen LogP contribution in [-0.2, 0) is 14.4 Å². The highest BCUT2D eigenvalue weighted by Gasteiger charge is 2.17. The molecule has 52 heavy (non-hydrogen) atoms. The van der Waals surface area contributed by atoms with E-state index in [-0.39, 0.29) is 49.7 Å². The number of ketones is 2. The number of hydrogen-bond acceptors (Lipinski definition) is 7. The summed E-state index contributed by atoms with van der Waals surface area (Å²) < 4.78 is 0. The molecule has 0 amide bonds. The standard InChI is InChI=1S/C44H79NO7/c1-3-5-7-21-27-39(46)29-23-17-13-9-11-15-19-25-31-41(48)35-37-45(43(50)33-34-44(51)52)38-36-42(49)32-26-20-16-12-10-14-18-24-30-40(47)28-22-8-6-4-2/h17-18,23-24,33-34,39-40,43,46-47,50H,3-16,19-22,25-32,35-38H2,1-2H3,(H,51,52)/b23-17+,24-18+,34-33-. The number of aliphatic hydroxyl groups excluding tert-OH is 3. The molecule has 0 saturated carbocycles. The molecule has 3 atom stereocenters. The van der Waals surface area contributed by atoms with E-state index < -0.39 is 12.2 Å². The van der Waals surface area contributed by atoms with Crippen LogP contribution in [0, 0.1) is 0 Å². The van der Waals surface area contributed by atoms with Crippen molar-refractivity contribution >= 4 is 17.5 Å². The molecule has 0 aromatic rings. The minimum absolute atomic E-state index is 0.118. The van der Waals surface area contributed by atoms with Crippen LogP contribution in [0.25, 0.3) is 0 Å². The SMILES string of the molecule is CCCCCCC(O)C/C=C/CCCCCCCC(=O)CCN(CCC(=O)CCCCCCC/C=C/CC(O)CCCCCC)C(O)/C=C\C(=O)O. The summed E-state index contributed by atoms with van der Waals surface area (Å²) in [5.41, 5.74) is 0. The second kappa shape index (κ2) is 37.2. The van der Waals surface area contributed by atoms with Gasteiger partial charge in [0.1, 0.15) is 17.8 Å². The van der Waals surface area contributed by atoms with E-state index in [9.17, 15) is 29.7 Å². The number of aliphatic hydroxyl groups is 3. The van der Waals surface area contributed by atoms with Gasteiger partial charge in [-0.2, -0.15) is 0 Å². The Morgan fingerprint density at radius 3 is 1.35 bits per heavy atom. The first-order valence-corrected chi connectivity index (χ1v) is 21.2. The molecule has 0 aliphatic rings. The van der Waals surface area contributed by atoms with Crippen LogP contribution in [0.3, 0.4) is 0 Å². The van der Waals surface area contributed by atoms with Crippen LogP contribution in [0.2, 0.25) is 0 Å². The fourth-order valence-corrected chi connectivity index (χ4v) is 6.27. The van der Waals surface area contributed by atoms with Gasteiger partial charge in [0.2, 0.25) is 0 Å². The molecule has 8 nitrogen and oxygen atoms in total. The van der Waals surface area contributed by atoms with Crippen LogP contribution < -0.4 is 0 Å². The first kappa shape index (κ1) is 49.9. The Labute approximate surface area is 318 Å². The van der Waals surface area contributed by atoms with Gasteiger partial charge in [-0.15, -0.1) is 0 Å². The van der Waals surface area contributed by atoms with Gasteiger partial charge in [0.15, 0.2) is 0 Å². The van der Waals surface area contributed by atoms with Crippen LogP contribution in [-0.4, -0.2) is 74.4 Å². The van der Waals surface area contributed by atoms with Crippen molar-refractivity contribution < 1.29 is 34.8 Å². The van der Waals surface area contributed by atoms with Crippen LogP contribution in [0.5, 0.6) is 0 Å². The lowest BCUT2D eigenvalue weighted by molar-refractivity contribution is -0.131. The fourth-order valence-electron chi connectivity index (χ4n) is 6.27. The third-order valence-corrected chi connectivity index (χ3v) is 9.73. The zero-order valence-corrected chi connectivity index (χ0v) is 33.4. The van der Waals surface area contributed by atoms with E-state index in [1.54, 1.807) is 4.90 Å². The van der Waals surface area contributed by atoms with E-state index in [0.717, 1.165) is 122 Å². The lowest BCUT2D eigenvalue weighted by atomic mass is 10.0. The van der Waals surface area contributed by atoms with E-state index in [4.69, 9.17) is 5.11 Å². The number of rotatable bonds is 39. The number of allylic oxidation sites excluding steroid dienone is 2. The maximum atomic E-state index is 12.6. The Hall–Kier alpha value is -2.13. The molecule has 0 aromatic heterocycles. The summed E-state index contributed by atoms with van der Waals surface area (Å²) in [6.45, 7) is 4.95. The lowest BCUT2D eigenvalue weighted by Crippen LogP contribution is -2.37. The quantitative estimate of drug-likeness (QED) is 0.0212.